The number of hydrogen-bond acceptors (Lipinski definition) is 4. The minimum absolute atomic E-state index is 0.0134. The van der Waals surface area contributed by atoms with Crippen LogP contribution >= 0.6 is 27.3 Å². The van der Waals surface area contributed by atoms with E-state index in [0.717, 1.165) is 11.0 Å². The van der Waals surface area contributed by atoms with E-state index in [9.17, 15) is 9.90 Å². The second kappa shape index (κ2) is 7.10. The van der Waals surface area contributed by atoms with Gasteiger partial charge in [-0.05, 0) is 35.5 Å². The van der Waals surface area contributed by atoms with E-state index in [0.29, 0.717) is 13.0 Å². The van der Waals surface area contributed by atoms with Gasteiger partial charge in [-0.25, -0.2) is 0 Å². The third-order valence-corrected chi connectivity index (χ3v) is 3.94. The van der Waals surface area contributed by atoms with Crippen molar-refractivity contribution in [1.29, 1.82) is 0 Å². The van der Waals surface area contributed by atoms with Crippen LogP contribution in [-0.4, -0.2) is 40.8 Å². The molecule has 1 atom stereocenters. The Balaban J connectivity index is 2.28. The number of thiophene rings is 1. The Morgan fingerprint density at radius 2 is 2.35 bits per heavy atom. The molecule has 0 spiro atoms. The average Bonchev–Trinajstić information content (AvgIpc) is 2.60. The smallest absolute Gasteiger partial charge is 0.303 e. The second-order valence-corrected chi connectivity index (χ2v) is 5.93. The third kappa shape index (κ3) is 6.16. The van der Waals surface area contributed by atoms with Crippen LogP contribution in [-0.2, 0) is 11.3 Å². The number of rotatable bonds is 7. The molecule has 4 nitrogen and oxygen atoms in total. The molecule has 1 rings (SSSR count). The highest BCUT2D eigenvalue weighted by Gasteiger charge is 2.11. The molecule has 1 unspecified atom stereocenters. The van der Waals surface area contributed by atoms with Crippen molar-refractivity contribution in [2.75, 3.05) is 13.6 Å². The van der Waals surface area contributed by atoms with E-state index >= 15 is 0 Å². The van der Waals surface area contributed by atoms with Crippen molar-refractivity contribution in [3.05, 3.63) is 20.8 Å². The Kier molecular flexibility index (Phi) is 6.11. The first kappa shape index (κ1) is 14.6. The SMILES string of the molecule is CN(Cc1cc(Br)cs1)CC(O)CCC(=O)O. The van der Waals surface area contributed by atoms with E-state index in [1.807, 2.05) is 23.4 Å². The number of halogens is 1. The molecule has 6 heteroatoms. The largest absolute Gasteiger partial charge is 0.481 e. The van der Waals surface area contributed by atoms with Crippen LogP contribution in [0.4, 0.5) is 0 Å². The summed E-state index contributed by atoms with van der Waals surface area (Å²) in [7, 11) is 1.91. The van der Waals surface area contributed by atoms with Crippen LogP contribution in [0.2, 0.25) is 0 Å². The molecule has 1 aromatic heterocycles. The predicted octanol–water partition coefficient (Wildman–Crippen LogP) is 2.17. The Morgan fingerprint density at radius 1 is 1.65 bits per heavy atom. The summed E-state index contributed by atoms with van der Waals surface area (Å²) in [6.45, 7) is 1.25. The molecule has 0 saturated heterocycles. The number of carboxylic acids is 1. The lowest BCUT2D eigenvalue weighted by Crippen LogP contribution is -2.28. The lowest BCUT2D eigenvalue weighted by atomic mass is 10.2. The first-order valence-corrected chi connectivity index (χ1v) is 6.96. The Hall–Kier alpha value is -0.430. The molecule has 2 N–H and O–H groups in total. The van der Waals surface area contributed by atoms with E-state index in [2.05, 4.69) is 15.9 Å². The lowest BCUT2D eigenvalue weighted by Gasteiger charge is -2.19. The van der Waals surface area contributed by atoms with E-state index in [1.165, 1.54) is 4.88 Å². The molecule has 0 fully saturated rings. The van der Waals surface area contributed by atoms with E-state index in [4.69, 9.17) is 5.11 Å². The summed E-state index contributed by atoms with van der Waals surface area (Å²) in [5.74, 6) is -0.867. The molecule has 0 aliphatic heterocycles. The van der Waals surface area contributed by atoms with Crippen molar-refractivity contribution in [2.45, 2.75) is 25.5 Å². The van der Waals surface area contributed by atoms with Crippen LogP contribution in [0.5, 0.6) is 0 Å². The van der Waals surface area contributed by atoms with Gasteiger partial charge in [0.15, 0.2) is 0 Å². The van der Waals surface area contributed by atoms with Crippen molar-refractivity contribution in [1.82, 2.24) is 4.90 Å². The minimum atomic E-state index is -0.867. The number of hydrogen-bond donors (Lipinski definition) is 2. The molecule has 0 bridgehead atoms. The normalized spacial score (nSPS) is 12.9. The number of aliphatic carboxylic acids is 1. The summed E-state index contributed by atoms with van der Waals surface area (Å²) in [6, 6.07) is 2.05. The van der Waals surface area contributed by atoms with Crippen LogP contribution in [0.1, 0.15) is 17.7 Å². The maximum Gasteiger partial charge on any atom is 0.303 e. The van der Waals surface area contributed by atoms with Crippen LogP contribution < -0.4 is 0 Å². The number of aliphatic hydroxyl groups is 1. The number of aliphatic hydroxyl groups excluding tert-OH is 1. The highest BCUT2D eigenvalue weighted by atomic mass is 79.9. The van der Waals surface area contributed by atoms with Crippen LogP contribution in [0, 0.1) is 0 Å². The Morgan fingerprint density at radius 3 is 2.88 bits per heavy atom. The van der Waals surface area contributed by atoms with Gasteiger partial charge in [0.05, 0.1) is 6.10 Å². The molecule has 0 aliphatic rings. The molecular weight excluding hydrogens is 306 g/mol. The second-order valence-electron chi connectivity index (χ2n) is 4.01. The highest BCUT2D eigenvalue weighted by Crippen LogP contribution is 2.20. The number of carbonyl (C=O) groups is 1. The molecule has 17 heavy (non-hydrogen) atoms. The maximum atomic E-state index is 10.4. The topological polar surface area (TPSA) is 60.8 Å². The zero-order chi connectivity index (χ0) is 12.8. The fourth-order valence-electron chi connectivity index (χ4n) is 1.51. The third-order valence-electron chi connectivity index (χ3n) is 2.26. The molecule has 1 aromatic rings. The molecule has 0 radical (unpaired) electrons. The van der Waals surface area contributed by atoms with E-state index in [-0.39, 0.29) is 6.42 Å². The van der Waals surface area contributed by atoms with Gasteiger partial charge < -0.3 is 10.2 Å². The Labute approximate surface area is 113 Å². The monoisotopic (exact) mass is 321 g/mol. The summed E-state index contributed by atoms with van der Waals surface area (Å²) in [5.41, 5.74) is 0. The number of nitrogens with zero attached hydrogens (tertiary/aromatic N) is 1. The van der Waals surface area contributed by atoms with Gasteiger partial charge >= 0.3 is 5.97 Å². The molecule has 96 valence electrons. The summed E-state index contributed by atoms with van der Waals surface area (Å²) >= 11 is 5.05. The van der Waals surface area contributed by atoms with Crippen molar-refractivity contribution in [2.24, 2.45) is 0 Å². The van der Waals surface area contributed by atoms with Gasteiger partial charge in [-0.3, -0.25) is 9.69 Å². The van der Waals surface area contributed by atoms with Crippen molar-refractivity contribution < 1.29 is 15.0 Å². The van der Waals surface area contributed by atoms with Crippen molar-refractivity contribution >= 4 is 33.2 Å². The first-order valence-electron chi connectivity index (χ1n) is 5.28. The molecule has 1 heterocycles. The molecule has 0 amide bonds. The summed E-state index contributed by atoms with van der Waals surface area (Å²) < 4.78 is 1.07. The minimum Gasteiger partial charge on any atom is -0.481 e. The van der Waals surface area contributed by atoms with Crippen molar-refractivity contribution in [3.8, 4) is 0 Å². The maximum absolute atomic E-state index is 10.4. The highest BCUT2D eigenvalue weighted by molar-refractivity contribution is 9.10. The zero-order valence-corrected chi connectivity index (χ0v) is 12.0. The van der Waals surface area contributed by atoms with E-state index < -0.39 is 12.1 Å². The van der Waals surface area contributed by atoms with Gasteiger partial charge in [-0.2, -0.15) is 0 Å². The van der Waals surface area contributed by atoms with Gasteiger partial charge in [-0.15, -0.1) is 11.3 Å². The Bertz CT molecular complexity index is 369. The van der Waals surface area contributed by atoms with E-state index in [1.54, 1.807) is 11.3 Å². The van der Waals surface area contributed by atoms with Gasteiger partial charge in [0.1, 0.15) is 0 Å². The lowest BCUT2D eigenvalue weighted by molar-refractivity contribution is -0.137. The molecular formula is C11H16BrNO3S. The number of likely N-dealkylation sites (N-methyl/N-ethyl adjacent to an activating group) is 1. The fraction of sp³-hybridized carbons (Fsp3) is 0.545. The molecule has 0 saturated carbocycles. The summed E-state index contributed by atoms with van der Waals surface area (Å²) in [4.78, 5) is 13.6. The quantitative estimate of drug-likeness (QED) is 0.808. The molecule has 0 aromatic carbocycles. The van der Waals surface area contributed by atoms with Gasteiger partial charge in [0.25, 0.3) is 0 Å². The first-order chi connectivity index (χ1) is 7.97. The standard InChI is InChI=1S/C11H16BrNO3S/c1-13(5-9(14)2-3-11(15)16)6-10-4-8(12)7-17-10/h4,7,9,14H,2-3,5-6H2,1H3,(H,15,16). The van der Waals surface area contributed by atoms with Gasteiger partial charge in [-0.1, -0.05) is 0 Å². The van der Waals surface area contributed by atoms with Crippen LogP contribution in [0.15, 0.2) is 15.9 Å². The molecule has 0 aliphatic carbocycles. The average molecular weight is 322 g/mol. The summed E-state index contributed by atoms with van der Waals surface area (Å²) in [5, 5.41) is 20.2. The van der Waals surface area contributed by atoms with Crippen molar-refractivity contribution in [3.63, 3.8) is 0 Å². The fourth-order valence-corrected chi connectivity index (χ4v) is 3.04. The summed E-state index contributed by atoms with van der Waals surface area (Å²) in [6.07, 6.45) is -0.271. The zero-order valence-electron chi connectivity index (χ0n) is 9.60. The predicted molar refractivity (Wildman–Crippen MR) is 71.2 cm³/mol. The number of carboxylic acid groups (broad SMARTS) is 1. The van der Waals surface area contributed by atoms with Crippen LogP contribution in [0.25, 0.3) is 0 Å². The van der Waals surface area contributed by atoms with Crippen LogP contribution in [0.3, 0.4) is 0 Å². The van der Waals surface area contributed by atoms with Gasteiger partial charge in [0.2, 0.25) is 0 Å². The van der Waals surface area contributed by atoms with Gasteiger partial charge in [0, 0.05) is 34.2 Å².